The first-order valence-corrected chi connectivity index (χ1v) is 5.02. The number of hydrogen-bond acceptors (Lipinski definition) is 3. The van der Waals surface area contributed by atoms with Crippen LogP contribution in [-0.4, -0.2) is 12.6 Å². The van der Waals surface area contributed by atoms with E-state index < -0.39 is 0 Å². The lowest BCUT2D eigenvalue weighted by molar-refractivity contribution is -0.137. The Morgan fingerprint density at radius 1 is 1.71 bits per heavy atom. The third-order valence-electron chi connectivity index (χ3n) is 1.58. The summed E-state index contributed by atoms with van der Waals surface area (Å²) >= 11 is 3.26. The van der Waals surface area contributed by atoms with Crippen molar-refractivity contribution in [1.82, 2.24) is 0 Å². The molecule has 0 atom stereocenters. The average molecular weight is 259 g/mol. The zero-order valence-electron chi connectivity index (χ0n) is 8.04. The summed E-state index contributed by atoms with van der Waals surface area (Å²) in [6, 6.07) is 1.80. The van der Waals surface area contributed by atoms with Crippen molar-refractivity contribution in [3.05, 3.63) is 28.6 Å². The van der Waals surface area contributed by atoms with Gasteiger partial charge in [-0.25, -0.2) is 4.79 Å². The number of allylic oxidation sites excluding steroid dienone is 1. The molecule has 14 heavy (non-hydrogen) atoms. The van der Waals surface area contributed by atoms with E-state index in [1.54, 1.807) is 26.2 Å². The molecular formula is C10H11BrO3. The van der Waals surface area contributed by atoms with Crippen molar-refractivity contribution in [3.63, 3.8) is 0 Å². The highest BCUT2D eigenvalue weighted by Gasteiger charge is 2.04. The Labute approximate surface area is 90.9 Å². The number of hydrogen-bond donors (Lipinski definition) is 0. The number of esters is 1. The fourth-order valence-electron chi connectivity index (χ4n) is 0.952. The molecule has 0 saturated heterocycles. The predicted octanol–water partition coefficient (Wildman–Crippen LogP) is 3.01. The topological polar surface area (TPSA) is 39.4 Å². The van der Waals surface area contributed by atoms with Crippen LogP contribution in [-0.2, 0) is 9.53 Å². The molecule has 3 nitrogen and oxygen atoms in total. The molecule has 1 aromatic heterocycles. The zero-order chi connectivity index (χ0) is 10.6. The van der Waals surface area contributed by atoms with Crippen LogP contribution in [0.25, 0.3) is 5.57 Å². The smallest absolute Gasteiger partial charge is 0.331 e. The number of ether oxygens (including phenoxy) is 1. The summed E-state index contributed by atoms with van der Waals surface area (Å²) in [6.45, 7) is 3.94. The summed E-state index contributed by atoms with van der Waals surface area (Å²) in [4.78, 5) is 11.1. The van der Waals surface area contributed by atoms with Crippen molar-refractivity contribution in [2.45, 2.75) is 13.8 Å². The molecule has 0 aliphatic rings. The lowest BCUT2D eigenvalue weighted by atomic mass is 10.2. The highest BCUT2D eigenvalue weighted by molar-refractivity contribution is 9.10. The van der Waals surface area contributed by atoms with E-state index in [4.69, 9.17) is 9.15 Å². The molecule has 0 unspecified atom stereocenters. The van der Waals surface area contributed by atoms with E-state index in [2.05, 4.69) is 15.9 Å². The molecule has 0 fully saturated rings. The van der Waals surface area contributed by atoms with Gasteiger partial charge in [-0.15, -0.1) is 0 Å². The van der Waals surface area contributed by atoms with Crippen LogP contribution in [0.15, 0.2) is 27.3 Å². The lowest BCUT2D eigenvalue weighted by Gasteiger charge is -1.97. The largest absolute Gasteiger partial charge is 0.464 e. The Morgan fingerprint density at radius 2 is 2.43 bits per heavy atom. The maximum atomic E-state index is 11.1. The SMILES string of the molecule is CCOC(=O)/C=C(\C)c1cc(Br)co1. The van der Waals surface area contributed by atoms with Gasteiger partial charge in [0, 0.05) is 6.08 Å². The van der Waals surface area contributed by atoms with Gasteiger partial charge in [-0.05, 0) is 41.4 Å². The van der Waals surface area contributed by atoms with Gasteiger partial charge in [0.25, 0.3) is 0 Å². The van der Waals surface area contributed by atoms with E-state index in [9.17, 15) is 4.79 Å². The fraction of sp³-hybridized carbons (Fsp3) is 0.300. The molecule has 0 saturated carbocycles. The van der Waals surface area contributed by atoms with Crippen molar-refractivity contribution in [2.24, 2.45) is 0 Å². The maximum Gasteiger partial charge on any atom is 0.331 e. The van der Waals surface area contributed by atoms with Gasteiger partial charge in [0.05, 0.1) is 11.1 Å². The second-order valence-electron chi connectivity index (χ2n) is 2.71. The van der Waals surface area contributed by atoms with Crippen LogP contribution in [0.1, 0.15) is 19.6 Å². The van der Waals surface area contributed by atoms with Gasteiger partial charge in [0.1, 0.15) is 12.0 Å². The number of rotatable bonds is 3. The van der Waals surface area contributed by atoms with Gasteiger partial charge in [-0.2, -0.15) is 0 Å². The molecule has 1 heterocycles. The van der Waals surface area contributed by atoms with Crippen molar-refractivity contribution >= 4 is 27.5 Å². The molecule has 1 rings (SSSR count). The molecule has 0 radical (unpaired) electrons. The van der Waals surface area contributed by atoms with Crippen molar-refractivity contribution in [2.75, 3.05) is 6.61 Å². The highest BCUT2D eigenvalue weighted by Crippen LogP contribution is 2.20. The summed E-state index contributed by atoms with van der Waals surface area (Å²) in [5, 5.41) is 0. The summed E-state index contributed by atoms with van der Waals surface area (Å²) in [5.74, 6) is 0.308. The first-order chi connectivity index (χ1) is 6.63. The Morgan fingerprint density at radius 3 is 2.93 bits per heavy atom. The number of carbonyl (C=O) groups is 1. The normalized spacial score (nSPS) is 11.5. The first-order valence-electron chi connectivity index (χ1n) is 4.23. The summed E-state index contributed by atoms with van der Waals surface area (Å²) in [7, 11) is 0. The molecule has 76 valence electrons. The highest BCUT2D eigenvalue weighted by atomic mass is 79.9. The van der Waals surface area contributed by atoms with Gasteiger partial charge in [0.2, 0.25) is 0 Å². The van der Waals surface area contributed by atoms with Crippen LogP contribution < -0.4 is 0 Å². The van der Waals surface area contributed by atoms with Crippen LogP contribution in [0.3, 0.4) is 0 Å². The number of carbonyl (C=O) groups excluding carboxylic acids is 1. The standard InChI is InChI=1S/C10H11BrO3/c1-3-13-10(12)4-7(2)9-5-8(11)6-14-9/h4-6H,3H2,1-2H3/b7-4+. The minimum Gasteiger partial charge on any atom is -0.464 e. The van der Waals surface area contributed by atoms with Gasteiger partial charge in [-0.1, -0.05) is 0 Å². The number of halogens is 1. The molecule has 0 spiro atoms. The average Bonchev–Trinajstić information content (AvgIpc) is 2.52. The van der Waals surface area contributed by atoms with E-state index in [1.165, 1.54) is 6.08 Å². The second-order valence-corrected chi connectivity index (χ2v) is 3.62. The molecule has 0 bridgehead atoms. The van der Waals surface area contributed by atoms with E-state index in [-0.39, 0.29) is 5.97 Å². The number of furan rings is 1. The first kappa shape index (κ1) is 11.0. The van der Waals surface area contributed by atoms with Crippen molar-refractivity contribution < 1.29 is 13.9 Å². The fourth-order valence-corrected chi connectivity index (χ4v) is 1.25. The molecule has 4 heteroatoms. The Balaban J connectivity index is 2.74. The Bertz CT molecular complexity index is 352. The summed E-state index contributed by atoms with van der Waals surface area (Å²) in [5.41, 5.74) is 0.745. The van der Waals surface area contributed by atoms with Crippen molar-refractivity contribution in [3.8, 4) is 0 Å². The van der Waals surface area contributed by atoms with Gasteiger partial charge in [0.15, 0.2) is 0 Å². The third-order valence-corrected chi connectivity index (χ3v) is 1.99. The zero-order valence-corrected chi connectivity index (χ0v) is 9.63. The molecule has 0 aliphatic carbocycles. The van der Waals surface area contributed by atoms with Gasteiger partial charge < -0.3 is 9.15 Å². The Kier molecular flexibility index (Phi) is 3.95. The second kappa shape index (κ2) is 5.00. The van der Waals surface area contributed by atoms with E-state index in [0.29, 0.717) is 12.4 Å². The molecular weight excluding hydrogens is 248 g/mol. The molecule has 0 N–H and O–H groups in total. The third kappa shape index (κ3) is 3.03. The van der Waals surface area contributed by atoms with Crippen LogP contribution in [0.4, 0.5) is 0 Å². The van der Waals surface area contributed by atoms with E-state index >= 15 is 0 Å². The lowest BCUT2D eigenvalue weighted by Crippen LogP contribution is -1.99. The van der Waals surface area contributed by atoms with Crippen LogP contribution >= 0.6 is 15.9 Å². The van der Waals surface area contributed by atoms with E-state index in [0.717, 1.165) is 10.0 Å². The maximum absolute atomic E-state index is 11.1. The minimum atomic E-state index is -0.350. The minimum absolute atomic E-state index is 0.350. The van der Waals surface area contributed by atoms with Gasteiger partial charge >= 0.3 is 5.97 Å². The van der Waals surface area contributed by atoms with Crippen LogP contribution in [0.5, 0.6) is 0 Å². The van der Waals surface area contributed by atoms with Crippen molar-refractivity contribution in [1.29, 1.82) is 0 Å². The molecule has 1 aromatic rings. The Hall–Kier alpha value is -1.03. The summed E-state index contributed by atoms with van der Waals surface area (Å²) in [6.07, 6.45) is 2.98. The molecule has 0 amide bonds. The van der Waals surface area contributed by atoms with E-state index in [1.807, 2.05) is 0 Å². The van der Waals surface area contributed by atoms with Crippen LogP contribution in [0, 0.1) is 0 Å². The van der Waals surface area contributed by atoms with Gasteiger partial charge in [-0.3, -0.25) is 0 Å². The van der Waals surface area contributed by atoms with Crippen LogP contribution in [0.2, 0.25) is 0 Å². The quantitative estimate of drug-likeness (QED) is 0.618. The monoisotopic (exact) mass is 258 g/mol. The predicted molar refractivity (Wildman–Crippen MR) is 56.7 cm³/mol. The molecule has 0 aromatic carbocycles. The molecule has 0 aliphatic heterocycles. The summed E-state index contributed by atoms with van der Waals surface area (Å²) < 4.78 is 10.8.